The van der Waals surface area contributed by atoms with Crippen molar-refractivity contribution in [1.82, 2.24) is 0 Å². The summed E-state index contributed by atoms with van der Waals surface area (Å²) in [5.74, 6) is 0.497. The molecule has 1 heterocycles. The second-order valence-corrected chi connectivity index (χ2v) is 5.43. The van der Waals surface area contributed by atoms with Crippen molar-refractivity contribution in [2.45, 2.75) is 32.3 Å². The lowest BCUT2D eigenvalue weighted by molar-refractivity contribution is -0.122. The molecule has 0 saturated heterocycles. The molecule has 2 atom stereocenters. The monoisotopic (exact) mass is 286 g/mol. The maximum Gasteiger partial charge on any atom is 0.265 e. The van der Waals surface area contributed by atoms with Gasteiger partial charge in [-0.1, -0.05) is 12.2 Å². The van der Waals surface area contributed by atoms with Crippen LogP contribution in [-0.2, 0) is 9.59 Å². The quantitative estimate of drug-likeness (QED) is 0.821. The molecule has 1 aromatic rings. The minimum absolute atomic E-state index is 0.0238. The Hall–Kier alpha value is -2.30. The van der Waals surface area contributed by atoms with Crippen molar-refractivity contribution in [2.24, 2.45) is 5.92 Å². The third kappa shape index (κ3) is 2.91. The maximum absolute atomic E-state index is 12.2. The summed E-state index contributed by atoms with van der Waals surface area (Å²) in [5, 5.41) is 5.68. The highest BCUT2D eigenvalue weighted by atomic mass is 16.5. The van der Waals surface area contributed by atoms with Crippen LogP contribution in [0.2, 0.25) is 0 Å². The number of carbonyl (C=O) groups excluding carboxylic acids is 2. The molecule has 0 spiro atoms. The molecule has 1 aliphatic heterocycles. The third-order valence-electron chi connectivity index (χ3n) is 3.82. The molecule has 0 unspecified atom stereocenters. The van der Waals surface area contributed by atoms with E-state index in [9.17, 15) is 9.59 Å². The van der Waals surface area contributed by atoms with Gasteiger partial charge in [0.2, 0.25) is 5.91 Å². The molecule has 2 amide bonds. The van der Waals surface area contributed by atoms with Gasteiger partial charge in [-0.15, -0.1) is 0 Å². The molecular weight excluding hydrogens is 268 g/mol. The maximum atomic E-state index is 12.2. The molecule has 0 radical (unpaired) electrons. The SMILES string of the molecule is C[C@H]1Oc2ccc(NC(=O)[C@@H]3CC=CCC3)cc2NC1=O. The van der Waals surface area contributed by atoms with Crippen LogP contribution < -0.4 is 15.4 Å². The Bertz CT molecular complexity index is 610. The van der Waals surface area contributed by atoms with Crippen LogP contribution >= 0.6 is 0 Å². The molecule has 1 aromatic carbocycles. The first-order chi connectivity index (χ1) is 10.1. The standard InChI is InChI=1S/C16H18N2O3/c1-10-15(19)18-13-9-12(7-8-14(13)21-10)17-16(20)11-5-3-2-4-6-11/h2-3,7-11H,4-6H2,1H3,(H,17,20)(H,18,19)/t10-,11-/m1/s1. The zero-order valence-corrected chi connectivity index (χ0v) is 11.9. The summed E-state index contributed by atoms with van der Waals surface area (Å²) in [6.07, 6.45) is 6.28. The largest absolute Gasteiger partial charge is 0.479 e. The Balaban J connectivity index is 1.72. The minimum Gasteiger partial charge on any atom is -0.479 e. The molecule has 0 saturated carbocycles. The van der Waals surface area contributed by atoms with Gasteiger partial charge in [0.05, 0.1) is 5.69 Å². The zero-order chi connectivity index (χ0) is 14.8. The van der Waals surface area contributed by atoms with Gasteiger partial charge >= 0.3 is 0 Å². The Morgan fingerprint density at radius 3 is 3.00 bits per heavy atom. The number of rotatable bonds is 2. The van der Waals surface area contributed by atoms with Crippen LogP contribution in [0.4, 0.5) is 11.4 Å². The molecule has 2 N–H and O–H groups in total. The van der Waals surface area contributed by atoms with E-state index < -0.39 is 6.10 Å². The van der Waals surface area contributed by atoms with Crippen molar-refractivity contribution in [3.05, 3.63) is 30.4 Å². The highest BCUT2D eigenvalue weighted by Gasteiger charge is 2.24. The molecule has 5 nitrogen and oxygen atoms in total. The fourth-order valence-electron chi connectivity index (χ4n) is 2.56. The number of carbonyl (C=O) groups is 2. The summed E-state index contributed by atoms with van der Waals surface area (Å²) < 4.78 is 5.49. The lowest BCUT2D eigenvalue weighted by Crippen LogP contribution is -2.34. The summed E-state index contributed by atoms with van der Waals surface area (Å²) >= 11 is 0. The number of benzene rings is 1. The van der Waals surface area contributed by atoms with E-state index in [-0.39, 0.29) is 17.7 Å². The lowest BCUT2D eigenvalue weighted by atomic mass is 9.93. The lowest BCUT2D eigenvalue weighted by Gasteiger charge is -2.24. The van der Waals surface area contributed by atoms with Gasteiger partial charge in [0.25, 0.3) is 5.91 Å². The van der Waals surface area contributed by atoms with E-state index in [1.807, 2.05) is 0 Å². The van der Waals surface area contributed by atoms with Crippen molar-refractivity contribution in [3.63, 3.8) is 0 Å². The zero-order valence-electron chi connectivity index (χ0n) is 11.9. The predicted molar refractivity (Wildman–Crippen MR) is 80.3 cm³/mol. The number of amides is 2. The number of ether oxygens (including phenoxy) is 1. The molecule has 21 heavy (non-hydrogen) atoms. The summed E-state index contributed by atoms with van der Waals surface area (Å²) in [6.45, 7) is 1.70. The van der Waals surface area contributed by atoms with Crippen molar-refractivity contribution >= 4 is 23.2 Å². The summed E-state index contributed by atoms with van der Waals surface area (Å²) in [7, 11) is 0. The summed E-state index contributed by atoms with van der Waals surface area (Å²) in [6, 6.07) is 5.29. The number of hydrogen-bond donors (Lipinski definition) is 2. The first-order valence-corrected chi connectivity index (χ1v) is 7.21. The van der Waals surface area contributed by atoms with Crippen LogP contribution in [0, 0.1) is 5.92 Å². The second-order valence-electron chi connectivity index (χ2n) is 5.43. The van der Waals surface area contributed by atoms with Crippen molar-refractivity contribution in [2.75, 3.05) is 10.6 Å². The molecule has 0 bridgehead atoms. The van der Waals surface area contributed by atoms with Crippen LogP contribution in [0.3, 0.4) is 0 Å². The van der Waals surface area contributed by atoms with Crippen LogP contribution in [0.15, 0.2) is 30.4 Å². The topological polar surface area (TPSA) is 67.4 Å². The van der Waals surface area contributed by atoms with Gasteiger partial charge in [-0.25, -0.2) is 0 Å². The summed E-state index contributed by atoms with van der Waals surface area (Å²) in [5.41, 5.74) is 1.27. The number of nitrogens with one attached hydrogen (secondary N) is 2. The van der Waals surface area contributed by atoms with Gasteiger partial charge in [0.15, 0.2) is 6.10 Å². The van der Waals surface area contributed by atoms with Crippen LogP contribution in [0.25, 0.3) is 0 Å². The number of anilines is 2. The van der Waals surface area contributed by atoms with E-state index in [1.165, 1.54) is 0 Å². The van der Waals surface area contributed by atoms with E-state index in [0.29, 0.717) is 17.1 Å². The minimum atomic E-state index is -0.494. The number of hydrogen-bond acceptors (Lipinski definition) is 3. The normalized spacial score (nSPS) is 23.8. The Labute approximate surface area is 123 Å². The summed E-state index contributed by atoms with van der Waals surface area (Å²) in [4.78, 5) is 23.8. The molecule has 0 fully saturated rings. The van der Waals surface area contributed by atoms with Crippen molar-refractivity contribution < 1.29 is 14.3 Å². The van der Waals surface area contributed by atoms with E-state index >= 15 is 0 Å². The Kier molecular flexibility index (Phi) is 3.64. The fraction of sp³-hybridized carbons (Fsp3) is 0.375. The van der Waals surface area contributed by atoms with Gasteiger partial charge in [-0.3, -0.25) is 9.59 Å². The van der Waals surface area contributed by atoms with Gasteiger partial charge < -0.3 is 15.4 Å². The Morgan fingerprint density at radius 2 is 2.24 bits per heavy atom. The molecule has 0 aromatic heterocycles. The smallest absolute Gasteiger partial charge is 0.265 e. The third-order valence-corrected chi connectivity index (χ3v) is 3.82. The van der Waals surface area contributed by atoms with E-state index in [1.54, 1.807) is 25.1 Å². The van der Waals surface area contributed by atoms with Crippen LogP contribution in [-0.4, -0.2) is 17.9 Å². The van der Waals surface area contributed by atoms with Gasteiger partial charge in [-0.05, 0) is 44.4 Å². The first kappa shape index (κ1) is 13.7. The van der Waals surface area contributed by atoms with Crippen molar-refractivity contribution in [3.8, 4) is 5.75 Å². The number of allylic oxidation sites excluding steroid dienone is 2. The highest BCUT2D eigenvalue weighted by molar-refractivity contribution is 5.99. The molecule has 110 valence electrons. The average Bonchev–Trinajstić information content (AvgIpc) is 2.49. The molecule has 1 aliphatic carbocycles. The van der Waals surface area contributed by atoms with Crippen molar-refractivity contribution in [1.29, 1.82) is 0 Å². The van der Waals surface area contributed by atoms with E-state index in [4.69, 9.17) is 4.74 Å². The van der Waals surface area contributed by atoms with Gasteiger partial charge in [0.1, 0.15) is 5.75 Å². The molecular formula is C16H18N2O3. The molecule has 3 rings (SSSR count). The molecule has 5 heteroatoms. The predicted octanol–water partition coefficient (Wildman–Crippen LogP) is 2.70. The van der Waals surface area contributed by atoms with Gasteiger partial charge in [-0.2, -0.15) is 0 Å². The second kappa shape index (κ2) is 5.60. The highest BCUT2D eigenvalue weighted by Crippen LogP contribution is 2.32. The van der Waals surface area contributed by atoms with E-state index in [0.717, 1.165) is 19.3 Å². The fourth-order valence-corrected chi connectivity index (χ4v) is 2.56. The average molecular weight is 286 g/mol. The first-order valence-electron chi connectivity index (χ1n) is 7.21. The van der Waals surface area contributed by atoms with Crippen LogP contribution in [0.5, 0.6) is 5.75 Å². The van der Waals surface area contributed by atoms with E-state index in [2.05, 4.69) is 22.8 Å². The number of fused-ring (bicyclic) bond motifs is 1. The van der Waals surface area contributed by atoms with Crippen LogP contribution in [0.1, 0.15) is 26.2 Å². The Morgan fingerprint density at radius 1 is 1.38 bits per heavy atom. The molecule has 2 aliphatic rings. The van der Waals surface area contributed by atoms with Gasteiger partial charge in [0, 0.05) is 11.6 Å².